The van der Waals surface area contributed by atoms with E-state index in [1.54, 1.807) is 6.07 Å². The third-order valence-electron chi connectivity index (χ3n) is 2.84. The zero-order chi connectivity index (χ0) is 12.3. The highest BCUT2D eigenvalue weighted by Crippen LogP contribution is 2.25. The third kappa shape index (κ3) is 3.20. The summed E-state index contributed by atoms with van der Waals surface area (Å²) in [5, 5.41) is 0.542. The summed E-state index contributed by atoms with van der Waals surface area (Å²) in [7, 11) is 0. The Hall–Kier alpha value is -1.06. The van der Waals surface area contributed by atoms with Crippen LogP contribution in [0.1, 0.15) is 12.0 Å². The average Bonchev–Trinajstić information content (AvgIpc) is 2.81. The van der Waals surface area contributed by atoms with Crippen molar-refractivity contribution in [2.24, 2.45) is 5.92 Å². The molecule has 0 spiro atoms. The fourth-order valence-electron chi connectivity index (χ4n) is 1.78. The largest absolute Gasteiger partial charge is 0.484 e. The molecule has 3 nitrogen and oxygen atoms in total. The summed E-state index contributed by atoms with van der Waals surface area (Å²) in [6.07, 6.45) is 0.795. The molecule has 0 bridgehead atoms. The first-order chi connectivity index (χ1) is 8.16. The van der Waals surface area contributed by atoms with Gasteiger partial charge in [0.05, 0.1) is 11.6 Å². The minimum absolute atomic E-state index is 0.0146. The van der Waals surface area contributed by atoms with Crippen molar-refractivity contribution in [1.29, 1.82) is 0 Å². The van der Waals surface area contributed by atoms with E-state index in [1.807, 2.05) is 19.1 Å². The molecule has 1 aromatic rings. The zero-order valence-corrected chi connectivity index (χ0v) is 10.5. The van der Waals surface area contributed by atoms with Gasteiger partial charge in [0, 0.05) is 12.5 Å². The number of hydrogen-bond acceptors (Lipinski definition) is 3. The van der Waals surface area contributed by atoms with E-state index in [1.165, 1.54) is 0 Å². The Kier molecular flexibility index (Phi) is 4.02. The maximum Gasteiger partial charge on any atom is 0.175 e. The van der Waals surface area contributed by atoms with Gasteiger partial charge in [0.25, 0.3) is 0 Å². The number of carbonyl (C=O) groups is 1. The van der Waals surface area contributed by atoms with Gasteiger partial charge in [-0.2, -0.15) is 0 Å². The zero-order valence-electron chi connectivity index (χ0n) is 9.74. The van der Waals surface area contributed by atoms with Gasteiger partial charge in [-0.25, -0.2) is 0 Å². The molecular weight excluding hydrogens is 240 g/mol. The van der Waals surface area contributed by atoms with Crippen LogP contribution < -0.4 is 4.74 Å². The minimum Gasteiger partial charge on any atom is -0.484 e. The summed E-state index contributed by atoms with van der Waals surface area (Å²) in [6.45, 7) is 3.21. The summed E-state index contributed by atoms with van der Waals surface area (Å²) < 4.78 is 10.6. The Bertz CT molecular complexity index is 411. The Morgan fingerprint density at radius 1 is 1.59 bits per heavy atom. The van der Waals surface area contributed by atoms with Gasteiger partial charge < -0.3 is 9.47 Å². The molecule has 0 aliphatic carbocycles. The quantitative estimate of drug-likeness (QED) is 0.829. The number of aryl methyl sites for hydroxylation is 1. The molecular formula is C13H15ClO3. The second kappa shape index (κ2) is 5.52. The molecule has 1 fully saturated rings. The Morgan fingerprint density at radius 3 is 3.06 bits per heavy atom. The van der Waals surface area contributed by atoms with Gasteiger partial charge in [0.2, 0.25) is 0 Å². The fraction of sp³-hybridized carbons (Fsp3) is 0.462. The van der Waals surface area contributed by atoms with Crippen molar-refractivity contribution in [3.63, 3.8) is 0 Å². The smallest absolute Gasteiger partial charge is 0.175 e. The van der Waals surface area contributed by atoms with Crippen LogP contribution in [0.4, 0.5) is 0 Å². The standard InChI is InChI=1S/C13H15ClO3/c1-9-2-3-13(11(14)6-9)17-8-12(15)10-4-5-16-7-10/h2-3,6,10H,4-5,7-8H2,1H3. The topological polar surface area (TPSA) is 35.5 Å². The third-order valence-corrected chi connectivity index (χ3v) is 3.14. The maximum atomic E-state index is 11.7. The van der Waals surface area contributed by atoms with Crippen molar-refractivity contribution in [3.8, 4) is 5.75 Å². The van der Waals surface area contributed by atoms with Crippen LogP contribution in [0.25, 0.3) is 0 Å². The normalized spacial score (nSPS) is 19.3. The molecule has 1 heterocycles. The second-order valence-electron chi connectivity index (χ2n) is 4.25. The van der Waals surface area contributed by atoms with Crippen LogP contribution in [0.3, 0.4) is 0 Å². The van der Waals surface area contributed by atoms with Crippen molar-refractivity contribution in [2.75, 3.05) is 19.8 Å². The molecule has 1 aromatic carbocycles. The summed E-state index contributed by atoms with van der Waals surface area (Å²) in [4.78, 5) is 11.7. The van der Waals surface area contributed by atoms with E-state index in [9.17, 15) is 4.79 Å². The van der Waals surface area contributed by atoms with E-state index in [0.29, 0.717) is 24.0 Å². The number of benzene rings is 1. The van der Waals surface area contributed by atoms with Gasteiger partial charge in [-0.3, -0.25) is 4.79 Å². The maximum absolute atomic E-state index is 11.7. The highest BCUT2D eigenvalue weighted by Gasteiger charge is 2.23. The predicted octanol–water partition coefficient (Wildman–Crippen LogP) is 2.63. The van der Waals surface area contributed by atoms with E-state index in [-0.39, 0.29) is 18.3 Å². The van der Waals surface area contributed by atoms with Crippen molar-refractivity contribution >= 4 is 17.4 Å². The van der Waals surface area contributed by atoms with Gasteiger partial charge in [-0.1, -0.05) is 17.7 Å². The molecule has 1 saturated heterocycles. The highest BCUT2D eigenvalue weighted by atomic mass is 35.5. The molecule has 4 heteroatoms. The van der Waals surface area contributed by atoms with Crippen molar-refractivity contribution in [1.82, 2.24) is 0 Å². The van der Waals surface area contributed by atoms with Gasteiger partial charge in [0.15, 0.2) is 5.78 Å². The number of hydrogen-bond donors (Lipinski definition) is 0. The van der Waals surface area contributed by atoms with Crippen LogP contribution in [0.5, 0.6) is 5.75 Å². The summed E-state index contributed by atoms with van der Waals surface area (Å²) in [5.41, 5.74) is 1.07. The Morgan fingerprint density at radius 2 is 2.41 bits per heavy atom. The van der Waals surface area contributed by atoms with Gasteiger partial charge in [0.1, 0.15) is 12.4 Å². The van der Waals surface area contributed by atoms with Crippen LogP contribution in [0.15, 0.2) is 18.2 Å². The van der Waals surface area contributed by atoms with Gasteiger partial charge in [-0.15, -0.1) is 0 Å². The van der Waals surface area contributed by atoms with Crippen LogP contribution in [-0.2, 0) is 9.53 Å². The molecule has 2 rings (SSSR count). The number of carbonyl (C=O) groups excluding carboxylic acids is 1. The number of ketones is 1. The first-order valence-electron chi connectivity index (χ1n) is 5.66. The van der Waals surface area contributed by atoms with Crippen molar-refractivity contribution in [3.05, 3.63) is 28.8 Å². The first kappa shape index (κ1) is 12.4. The Labute approximate surface area is 106 Å². The lowest BCUT2D eigenvalue weighted by atomic mass is 10.0. The molecule has 0 amide bonds. The monoisotopic (exact) mass is 254 g/mol. The summed E-state index contributed by atoms with van der Waals surface area (Å²) in [5.74, 6) is 0.628. The average molecular weight is 255 g/mol. The van der Waals surface area contributed by atoms with E-state index in [0.717, 1.165) is 12.0 Å². The van der Waals surface area contributed by atoms with Crippen molar-refractivity contribution < 1.29 is 14.3 Å². The molecule has 0 N–H and O–H groups in total. The number of halogens is 1. The first-order valence-corrected chi connectivity index (χ1v) is 6.04. The van der Waals surface area contributed by atoms with Crippen LogP contribution in [0, 0.1) is 12.8 Å². The van der Waals surface area contributed by atoms with E-state index in [4.69, 9.17) is 21.1 Å². The molecule has 92 valence electrons. The van der Waals surface area contributed by atoms with E-state index < -0.39 is 0 Å². The SMILES string of the molecule is Cc1ccc(OCC(=O)C2CCOC2)c(Cl)c1. The van der Waals surface area contributed by atoms with Gasteiger partial charge >= 0.3 is 0 Å². The molecule has 17 heavy (non-hydrogen) atoms. The summed E-state index contributed by atoms with van der Waals surface area (Å²) >= 11 is 6.01. The second-order valence-corrected chi connectivity index (χ2v) is 4.66. The molecule has 1 atom stereocenters. The van der Waals surface area contributed by atoms with E-state index in [2.05, 4.69) is 0 Å². The molecule has 0 radical (unpaired) electrons. The number of rotatable bonds is 4. The highest BCUT2D eigenvalue weighted by molar-refractivity contribution is 6.32. The van der Waals surface area contributed by atoms with Crippen LogP contribution >= 0.6 is 11.6 Å². The van der Waals surface area contributed by atoms with Crippen LogP contribution in [-0.4, -0.2) is 25.6 Å². The van der Waals surface area contributed by atoms with E-state index >= 15 is 0 Å². The number of ether oxygens (including phenoxy) is 2. The van der Waals surface area contributed by atoms with Gasteiger partial charge in [-0.05, 0) is 31.0 Å². The lowest BCUT2D eigenvalue weighted by molar-refractivity contribution is -0.124. The Balaban J connectivity index is 1.90. The fourth-order valence-corrected chi connectivity index (χ4v) is 2.07. The molecule has 1 aliphatic rings. The predicted molar refractivity (Wildman–Crippen MR) is 65.6 cm³/mol. The molecule has 0 aromatic heterocycles. The molecule has 1 unspecified atom stereocenters. The van der Waals surface area contributed by atoms with Crippen molar-refractivity contribution in [2.45, 2.75) is 13.3 Å². The lowest BCUT2D eigenvalue weighted by Gasteiger charge is -2.10. The molecule has 0 saturated carbocycles. The van der Waals surface area contributed by atoms with Crippen LogP contribution in [0.2, 0.25) is 5.02 Å². The molecule has 1 aliphatic heterocycles. The number of Topliss-reactive ketones (excluding diaryl/α,β-unsaturated/α-hetero) is 1. The summed E-state index contributed by atoms with van der Waals surface area (Å²) in [6, 6.07) is 5.51. The minimum atomic E-state index is -0.0146. The lowest BCUT2D eigenvalue weighted by Crippen LogP contribution is -2.21.